The van der Waals surface area contributed by atoms with Crippen molar-refractivity contribution in [1.29, 1.82) is 5.26 Å². The lowest BCUT2D eigenvalue weighted by Gasteiger charge is -2.10. The van der Waals surface area contributed by atoms with Gasteiger partial charge in [0.2, 0.25) is 0 Å². The maximum Gasteiger partial charge on any atom is 0.134 e. The molecule has 2 rings (SSSR count). The highest BCUT2D eigenvalue weighted by Crippen LogP contribution is 2.24. The normalized spacial score (nSPS) is 9.95. The van der Waals surface area contributed by atoms with Gasteiger partial charge in [0.1, 0.15) is 5.75 Å². The van der Waals surface area contributed by atoms with Crippen LogP contribution in [0.5, 0.6) is 5.75 Å². The number of nitriles is 1. The Labute approximate surface area is 117 Å². The Morgan fingerprint density at radius 3 is 2.74 bits per heavy atom. The molecule has 0 aliphatic rings. The van der Waals surface area contributed by atoms with Crippen molar-refractivity contribution in [3.63, 3.8) is 0 Å². The van der Waals surface area contributed by atoms with Crippen LogP contribution >= 0.6 is 11.6 Å². The van der Waals surface area contributed by atoms with E-state index in [9.17, 15) is 5.11 Å². The summed E-state index contributed by atoms with van der Waals surface area (Å²) in [5.74, 6) is 0.0769. The highest BCUT2D eigenvalue weighted by molar-refractivity contribution is 6.32. The van der Waals surface area contributed by atoms with Crippen LogP contribution in [0.15, 0.2) is 36.4 Å². The molecule has 0 aromatic heterocycles. The molecule has 0 amide bonds. The summed E-state index contributed by atoms with van der Waals surface area (Å²) in [5, 5.41) is 21.8. The Balaban J connectivity index is 2.14. The summed E-state index contributed by atoms with van der Waals surface area (Å²) in [6.07, 6.45) is 0. The quantitative estimate of drug-likeness (QED) is 0.893. The number of nitrogens with zero attached hydrogens (tertiary/aromatic N) is 1. The van der Waals surface area contributed by atoms with Crippen molar-refractivity contribution in [3.8, 4) is 11.8 Å². The molecule has 0 atom stereocenters. The predicted octanol–water partition coefficient (Wildman–Crippen LogP) is 3.84. The first kappa shape index (κ1) is 13.3. The third-order valence-electron chi connectivity index (χ3n) is 2.86. The van der Waals surface area contributed by atoms with Crippen molar-refractivity contribution in [2.24, 2.45) is 0 Å². The summed E-state index contributed by atoms with van der Waals surface area (Å²) in [6.45, 7) is 2.56. The molecule has 0 saturated carbocycles. The van der Waals surface area contributed by atoms with Crippen LogP contribution in [0.1, 0.15) is 16.7 Å². The van der Waals surface area contributed by atoms with Crippen molar-refractivity contribution in [2.45, 2.75) is 13.5 Å². The monoisotopic (exact) mass is 272 g/mol. The molecule has 0 saturated heterocycles. The van der Waals surface area contributed by atoms with Gasteiger partial charge in [-0.05, 0) is 42.3 Å². The van der Waals surface area contributed by atoms with Crippen LogP contribution < -0.4 is 5.32 Å². The lowest BCUT2D eigenvalue weighted by Crippen LogP contribution is -2.01. The van der Waals surface area contributed by atoms with E-state index in [4.69, 9.17) is 16.9 Å². The van der Waals surface area contributed by atoms with Crippen molar-refractivity contribution in [2.75, 3.05) is 5.32 Å². The fraction of sp³-hybridized carbons (Fsp3) is 0.133. The highest BCUT2D eigenvalue weighted by atomic mass is 35.5. The number of nitrogens with one attached hydrogen (secondary N) is 1. The van der Waals surface area contributed by atoms with Crippen molar-refractivity contribution >= 4 is 17.3 Å². The summed E-state index contributed by atoms with van der Waals surface area (Å²) in [4.78, 5) is 0. The zero-order valence-electron chi connectivity index (χ0n) is 10.4. The van der Waals surface area contributed by atoms with E-state index in [1.54, 1.807) is 24.3 Å². The Bertz CT molecular complexity index is 647. The van der Waals surface area contributed by atoms with Gasteiger partial charge in [-0.2, -0.15) is 5.26 Å². The number of anilines is 1. The molecule has 0 aliphatic carbocycles. The van der Waals surface area contributed by atoms with E-state index in [1.165, 1.54) is 0 Å². The van der Waals surface area contributed by atoms with Gasteiger partial charge >= 0.3 is 0 Å². The van der Waals surface area contributed by atoms with Gasteiger partial charge < -0.3 is 10.4 Å². The number of aromatic hydroxyl groups is 1. The minimum atomic E-state index is 0.0769. The molecule has 19 heavy (non-hydrogen) atoms. The molecule has 2 aromatic rings. The van der Waals surface area contributed by atoms with Gasteiger partial charge in [0.25, 0.3) is 0 Å². The highest BCUT2D eigenvalue weighted by Gasteiger charge is 2.02. The maximum absolute atomic E-state index is 9.35. The summed E-state index contributed by atoms with van der Waals surface area (Å²) < 4.78 is 0. The number of benzene rings is 2. The number of rotatable bonds is 3. The average Bonchev–Trinajstić information content (AvgIpc) is 2.41. The summed E-state index contributed by atoms with van der Waals surface area (Å²) in [6, 6.07) is 12.7. The Hall–Kier alpha value is -2.18. The molecular formula is C15H13ClN2O. The van der Waals surface area contributed by atoms with Crippen molar-refractivity contribution < 1.29 is 5.11 Å². The maximum atomic E-state index is 9.35. The van der Waals surface area contributed by atoms with Crippen LogP contribution in [0.2, 0.25) is 5.02 Å². The molecule has 0 fully saturated rings. The van der Waals surface area contributed by atoms with E-state index in [-0.39, 0.29) is 5.75 Å². The van der Waals surface area contributed by atoms with E-state index in [1.807, 2.05) is 19.1 Å². The number of halogens is 1. The van der Waals surface area contributed by atoms with Crippen molar-refractivity contribution in [1.82, 2.24) is 0 Å². The smallest absolute Gasteiger partial charge is 0.134 e. The second-order valence-electron chi connectivity index (χ2n) is 4.28. The number of hydrogen-bond acceptors (Lipinski definition) is 3. The van der Waals surface area contributed by atoms with Crippen LogP contribution in [0.4, 0.5) is 5.69 Å². The summed E-state index contributed by atoms with van der Waals surface area (Å²) >= 11 is 5.85. The Morgan fingerprint density at radius 2 is 2.05 bits per heavy atom. The molecule has 0 bridgehead atoms. The van der Waals surface area contributed by atoms with E-state index in [2.05, 4.69) is 11.4 Å². The van der Waals surface area contributed by atoms with Gasteiger partial charge in [0.05, 0.1) is 16.7 Å². The van der Waals surface area contributed by atoms with Crippen molar-refractivity contribution in [3.05, 3.63) is 58.1 Å². The first-order valence-electron chi connectivity index (χ1n) is 5.82. The molecule has 2 aromatic carbocycles. The number of phenols is 1. The molecule has 0 unspecified atom stereocenters. The standard InChI is InChI=1S/C15H13ClN2O/c1-10-2-3-11(8-17)7-14(10)18-9-12-4-5-15(19)13(16)6-12/h2-7,18-19H,9H2,1H3. The first-order valence-corrected chi connectivity index (χ1v) is 6.20. The van der Waals surface area contributed by atoms with Gasteiger partial charge in [-0.3, -0.25) is 0 Å². The SMILES string of the molecule is Cc1ccc(C#N)cc1NCc1ccc(O)c(Cl)c1. The zero-order valence-corrected chi connectivity index (χ0v) is 11.2. The second kappa shape index (κ2) is 5.64. The molecule has 4 heteroatoms. The van der Waals surface area contributed by atoms with Crippen LogP contribution in [0.25, 0.3) is 0 Å². The van der Waals surface area contributed by atoms with Gasteiger partial charge in [0, 0.05) is 12.2 Å². The number of phenolic OH excluding ortho intramolecular Hbond substituents is 1. The lowest BCUT2D eigenvalue weighted by atomic mass is 10.1. The fourth-order valence-corrected chi connectivity index (χ4v) is 1.94. The van der Waals surface area contributed by atoms with Crippen LogP contribution in [-0.2, 0) is 6.54 Å². The molecule has 96 valence electrons. The topological polar surface area (TPSA) is 56.0 Å². The van der Waals surface area contributed by atoms with E-state index >= 15 is 0 Å². The minimum Gasteiger partial charge on any atom is -0.506 e. The summed E-state index contributed by atoms with van der Waals surface area (Å²) in [7, 11) is 0. The first-order chi connectivity index (χ1) is 9.10. The zero-order chi connectivity index (χ0) is 13.8. The molecule has 0 aliphatic heterocycles. The van der Waals surface area contributed by atoms with Crippen LogP contribution in [0.3, 0.4) is 0 Å². The third kappa shape index (κ3) is 3.18. The molecule has 3 nitrogen and oxygen atoms in total. The van der Waals surface area contributed by atoms with Gasteiger partial charge in [0.15, 0.2) is 0 Å². The van der Waals surface area contributed by atoms with Gasteiger partial charge in [-0.25, -0.2) is 0 Å². The lowest BCUT2D eigenvalue weighted by molar-refractivity contribution is 0.475. The number of hydrogen-bond donors (Lipinski definition) is 2. The second-order valence-corrected chi connectivity index (χ2v) is 4.69. The molecule has 0 spiro atoms. The molecule has 2 N–H and O–H groups in total. The Kier molecular flexibility index (Phi) is 3.94. The molecular weight excluding hydrogens is 260 g/mol. The average molecular weight is 273 g/mol. The van der Waals surface area contributed by atoms with E-state index < -0.39 is 0 Å². The number of aryl methyl sites for hydroxylation is 1. The van der Waals surface area contributed by atoms with Crippen LogP contribution in [-0.4, -0.2) is 5.11 Å². The third-order valence-corrected chi connectivity index (χ3v) is 3.16. The predicted molar refractivity (Wildman–Crippen MR) is 76.3 cm³/mol. The molecule has 0 heterocycles. The fourth-order valence-electron chi connectivity index (χ4n) is 1.74. The largest absolute Gasteiger partial charge is 0.506 e. The molecule has 0 radical (unpaired) electrons. The van der Waals surface area contributed by atoms with E-state index in [0.717, 1.165) is 16.8 Å². The summed E-state index contributed by atoms with van der Waals surface area (Å²) in [5.41, 5.74) is 3.58. The van der Waals surface area contributed by atoms with Gasteiger partial charge in [-0.1, -0.05) is 23.7 Å². The van der Waals surface area contributed by atoms with E-state index in [0.29, 0.717) is 17.1 Å². The van der Waals surface area contributed by atoms with Gasteiger partial charge in [-0.15, -0.1) is 0 Å². The minimum absolute atomic E-state index is 0.0769. The van der Waals surface area contributed by atoms with Crippen LogP contribution in [0, 0.1) is 18.3 Å². The Morgan fingerprint density at radius 1 is 1.26 bits per heavy atom.